The summed E-state index contributed by atoms with van der Waals surface area (Å²) in [5.41, 5.74) is 1.74. The molecule has 14 heteroatoms. The highest BCUT2D eigenvalue weighted by Gasteiger charge is 2.40. The maximum absolute atomic E-state index is 13.8. The monoisotopic (exact) mass is 803 g/mol. The first-order chi connectivity index (χ1) is 26.6. The van der Waals surface area contributed by atoms with Gasteiger partial charge in [0.15, 0.2) is 5.60 Å². The number of carboxylic acids is 3. The molecule has 1 amide bonds. The molecule has 1 aliphatic rings. The van der Waals surface area contributed by atoms with Crippen molar-refractivity contribution in [3.05, 3.63) is 117 Å². The first kappa shape index (κ1) is 43.4. The summed E-state index contributed by atoms with van der Waals surface area (Å²) < 4.78 is 0. The third kappa shape index (κ3) is 11.6. The number of aldehydes is 1. The summed E-state index contributed by atoms with van der Waals surface area (Å²) in [4.78, 5) is 59.7. The number of hydrogen-bond acceptors (Lipinski definition) is 8. The zero-order chi connectivity index (χ0) is 41.0. The number of fused-ring (bicyclic) bond motifs is 1. The van der Waals surface area contributed by atoms with Crippen LogP contribution in [0.3, 0.4) is 0 Å². The predicted molar refractivity (Wildman–Crippen MR) is 211 cm³/mol. The second kappa shape index (κ2) is 20.0. The van der Waals surface area contributed by atoms with Crippen LogP contribution in [0.1, 0.15) is 76.6 Å². The number of nitrogens with zero attached hydrogens (tertiary/aromatic N) is 3. The van der Waals surface area contributed by atoms with Crippen molar-refractivity contribution < 1.29 is 44.4 Å². The highest BCUT2D eigenvalue weighted by atomic mass is 35.5. The first-order valence-corrected chi connectivity index (χ1v) is 18.7. The molecule has 1 atom stereocenters. The minimum Gasteiger partial charge on any atom is -0.481 e. The summed E-state index contributed by atoms with van der Waals surface area (Å²) >= 11 is 12.7. The fourth-order valence-corrected chi connectivity index (χ4v) is 7.34. The average Bonchev–Trinajstić information content (AvgIpc) is 3.17. The Bertz CT molecular complexity index is 2090. The smallest absolute Gasteiger partial charge is 0.336 e. The Kier molecular flexibility index (Phi) is 15.5. The van der Waals surface area contributed by atoms with Gasteiger partial charge in [0.2, 0.25) is 0 Å². The second-order valence-electron chi connectivity index (χ2n) is 13.9. The molecule has 294 valence electrons. The van der Waals surface area contributed by atoms with Crippen LogP contribution in [0, 0.1) is 11.3 Å². The van der Waals surface area contributed by atoms with Crippen LogP contribution in [0.4, 0.5) is 0 Å². The Morgan fingerprint density at radius 1 is 0.929 bits per heavy atom. The Labute approximate surface area is 334 Å². The number of amides is 1. The Morgan fingerprint density at radius 3 is 2.18 bits per heavy atom. The summed E-state index contributed by atoms with van der Waals surface area (Å²) in [5, 5.41) is 46.1. The number of halogens is 2. The van der Waals surface area contributed by atoms with Gasteiger partial charge >= 0.3 is 17.9 Å². The topological polar surface area (TPSA) is 197 Å². The maximum atomic E-state index is 13.8. The summed E-state index contributed by atoms with van der Waals surface area (Å²) in [6.45, 7) is 3.35. The fraction of sp³-hybridized carbons (Fsp3) is 0.333. The predicted octanol–water partition coefficient (Wildman–Crippen LogP) is 6.64. The molecule has 4 N–H and O–H groups in total. The maximum Gasteiger partial charge on any atom is 0.336 e. The molecule has 4 aromatic carbocycles. The molecule has 1 unspecified atom stereocenters. The Balaban J connectivity index is 0.000000460. The minimum absolute atomic E-state index is 0.0418. The van der Waals surface area contributed by atoms with E-state index < -0.39 is 36.4 Å². The van der Waals surface area contributed by atoms with Crippen molar-refractivity contribution in [2.24, 2.45) is 0 Å². The largest absolute Gasteiger partial charge is 0.481 e. The molecule has 1 fully saturated rings. The van der Waals surface area contributed by atoms with E-state index in [1.807, 2.05) is 61.6 Å². The van der Waals surface area contributed by atoms with Gasteiger partial charge in [-0.3, -0.25) is 14.4 Å². The number of piperidine rings is 1. The molecule has 12 nitrogen and oxygen atoms in total. The van der Waals surface area contributed by atoms with Crippen molar-refractivity contribution in [1.29, 1.82) is 5.26 Å². The van der Waals surface area contributed by atoms with Gasteiger partial charge < -0.3 is 35.0 Å². The minimum atomic E-state index is -2.74. The lowest BCUT2D eigenvalue weighted by molar-refractivity contribution is -0.170. The molecule has 5 rings (SSSR count). The lowest BCUT2D eigenvalue weighted by Gasteiger charge is -2.34. The fourth-order valence-electron chi connectivity index (χ4n) is 7.03. The van der Waals surface area contributed by atoms with E-state index in [0.29, 0.717) is 40.1 Å². The zero-order valence-electron chi connectivity index (χ0n) is 30.7. The molecule has 0 aliphatic carbocycles. The van der Waals surface area contributed by atoms with Gasteiger partial charge in [-0.25, -0.2) is 4.79 Å². The molecule has 0 bridgehead atoms. The van der Waals surface area contributed by atoms with E-state index in [4.69, 9.17) is 43.6 Å². The first-order valence-electron chi connectivity index (χ1n) is 17.9. The number of carbonyl (C=O) groups excluding carboxylic acids is 2. The molecule has 0 saturated carbocycles. The molecule has 1 heterocycles. The standard InChI is InChI=1S/C36H35Cl2N3O2.C6H8O7/c1-40(36(43)33-21-25(23-39)20-29-7-3-5-9-32(29)33)24-30(28-10-11-34(37)35(38)22-28)14-18-41-16-12-27(13-17-41)31-8-4-2-6-26(31)15-19-42;7-3(8)1-6(13,5(11)12)2-4(9)10/h2-11,19-22,27,30H,12-18,24H2,1H3;13H,1-2H2,(H,7,8)(H,9,10)(H,11,12). The van der Waals surface area contributed by atoms with Gasteiger partial charge in [-0.05, 0) is 96.5 Å². The average molecular weight is 805 g/mol. The van der Waals surface area contributed by atoms with E-state index in [1.54, 1.807) is 11.0 Å². The van der Waals surface area contributed by atoms with Crippen LogP contribution in [0.25, 0.3) is 10.8 Å². The van der Waals surface area contributed by atoms with E-state index in [2.05, 4.69) is 29.2 Å². The summed E-state index contributed by atoms with van der Waals surface area (Å²) in [6.07, 6.45) is 2.11. The van der Waals surface area contributed by atoms with E-state index in [0.717, 1.165) is 67.1 Å². The van der Waals surface area contributed by atoms with Gasteiger partial charge in [0.25, 0.3) is 5.91 Å². The Morgan fingerprint density at radius 2 is 1.57 bits per heavy atom. The van der Waals surface area contributed by atoms with E-state index in [-0.39, 0.29) is 11.8 Å². The number of aliphatic carboxylic acids is 3. The highest BCUT2D eigenvalue weighted by molar-refractivity contribution is 6.42. The molecular weight excluding hydrogens is 761 g/mol. The number of carboxylic acid groups (broad SMARTS) is 3. The second-order valence-corrected chi connectivity index (χ2v) is 14.7. The van der Waals surface area contributed by atoms with Crippen LogP contribution in [0.5, 0.6) is 0 Å². The third-order valence-electron chi connectivity index (χ3n) is 9.94. The van der Waals surface area contributed by atoms with Gasteiger partial charge in [-0.2, -0.15) is 5.26 Å². The SMILES string of the molecule is CN(CC(CCN1CCC(c2ccccc2CC=O)CC1)c1ccc(Cl)c(Cl)c1)C(=O)c1cc(C#N)cc2ccccc12.O=C(O)CC(O)(CC(=O)O)C(=O)O. The van der Waals surface area contributed by atoms with Crippen LogP contribution in [0.2, 0.25) is 10.0 Å². The number of likely N-dealkylation sites (N-methyl/N-ethyl adjacent to an activating group) is 1. The van der Waals surface area contributed by atoms with E-state index in [1.165, 1.54) is 5.56 Å². The van der Waals surface area contributed by atoms with E-state index in [9.17, 15) is 29.2 Å². The van der Waals surface area contributed by atoms with Crippen molar-refractivity contribution in [2.75, 3.05) is 33.2 Å². The quantitative estimate of drug-likeness (QED) is 0.0941. The van der Waals surface area contributed by atoms with Crippen molar-refractivity contribution in [1.82, 2.24) is 9.80 Å². The van der Waals surface area contributed by atoms with Gasteiger partial charge in [0, 0.05) is 31.5 Å². The lowest BCUT2D eigenvalue weighted by Crippen LogP contribution is -2.42. The van der Waals surface area contributed by atoms with Crippen molar-refractivity contribution in [2.45, 2.75) is 56.0 Å². The third-order valence-corrected chi connectivity index (χ3v) is 10.7. The summed E-state index contributed by atoms with van der Waals surface area (Å²) in [5.74, 6) is -4.64. The van der Waals surface area contributed by atoms with Crippen LogP contribution < -0.4 is 0 Å². The number of nitriles is 1. The number of hydrogen-bond donors (Lipinski definition) is 4. The van der Waals surface area contributed by atoms with Gasteiger partial charge in [-0.1, -0.05) is 77.8 Å². The number of aliphatic hydroxyl groups is 1. The van der Waals surface area contributed by atoms with E-state index >= 15 is 0 Å². The highest BCUT2D eigenvalue weighted by Crippen LogP contribution is 2.33. The number of likely N-dealkylation sites (tertiary alicyclic amines) is 1. The molecule has 0 spiro atoms. The normalized spacial score (nSPS) is 13.8. The molecule has 1 saturated heterocycles. The number of rotatable bonds is 15. The zero-order valence-corrected chi connectivity index (χ0v) is 32.2. The lowest BCUT2D eigenvalue weighted by atomic mass is 9.85. The molecule has 0 aromatic heterocycles. The van der Waals surface area contributed by atoms with Crippen molar-refractivity contribution in [3.8, 4) is 6.07 Å². The molecule has 56 heavy (non-hydrogen) atoms. The number of benzene rings is 4. The summed E-state index contributed by atoms with van der Waals surface area (Å²) in [7, 11) is 1.82. The molecule has 0 radical (unpaired) electrons. The van der Waals surface area contributed by atoms with Crippen LogP contribution in [-0.2, 0) is 25.6 Å². The van der Waals surface area contributed by atoms with Crippen molar-refractivity contribution in [3.63, 3.8) is 0 Å². The molecule has 1 aliphatic heterocycles. The molecule has 4 aromatic rings. The van der Waals surface area contributed by atoms with Crippen LogP contribution in [0.15, 0.2) is 78.9 Å². The van der Waals surface area contributed by atoms with Gasteiger partial charge in [0.1, 0.15) is 6.29 Å². The van der Waals surface area contributed by atoms with Crippen LogP contribution in [-0.4, -0.2) is 99.2 Å². The summed E-state index contributed by atoms with van der Waals surface area (Å²) in [6, 6.07) is 27.4. The van der Waals surface area contributed by atoms with Gasteiger partial charge in [-0.15, -0.1) is 0 Å². The number of carbonyl (C=O) groups is 5. The molecular formula is C42H43Cl2N3O9. The van der Waals surface area contributed by atoms with Crippen LogP contribution >= 0.6 is 23.2 Å². The van der Waals surface area contributed by atoms with Crippen molar-refractivity contribution >= 4 is 64.1 Å². The van der Waals surface area contributed by atoms with Gasteiger partial charge in [0.05, 0.1) is 34.5 Å². The Hall–Kier alpha value is -5.32.